The maximum absolute atomic E-state index is 12.0. The van der Waals surface area contributed by atoms with Gasteiger partial charge in [0.25, 0.3) is 5.56 Å². The third-order valence-electron chi connectivity index (χ3n) is 2.10. The molecule has 0 atom stereocenters. The molecule has 1 N–H and O–H groups in total. The number of hydrogen-bond donors (Lipinski definition) is 1. The van der Waals surface area contributed by atoms with Gasteiger partial charge < -0.3 is 0 Å². The molecule has 0 aromatic carbocycles. The van der Waals surface area contributed by atoms with E-state index in [4.69, 9.17) is 5.26 Å². The van der Waals surface area contributed by atoms with Gasteiger partial charge in [-0.2, -0.15) is 0 Å². The Morgan fingerprint density at radius 2 is 2.13 bits per heavy atom. The van der Waals surface area contributed by atoms with Crippen molar-refractivity contribution in [1.82, 2.24) is 9.55 Å². The minimum atomic E-state index is -0.334. The predicted octanol–water partition coefficient (Wildman–Crippen LogP) is 1.30. The number of aromatic nitrogens is 2. The van der Waals surface area contributed by atoms with Gasteiger partial charge in [-0.25, -0.2) is 9.87 Å². The minimum absolute atomic E-state index is 0.137. The summed E-state index contributed by atoms with van der Waals surface area (Å²) in [6, 6.07) is 0. The highest BCUT2D eigenvalue weighted by atomic mass is 17.1. The lowest BCUT2D eigenvalue weighted by molar-refractivity contribution is -0.253. The van der Waals surface area contributed by atoms with Gasteiger partial charge in [-0.1, -0.05) is 0 Å². The molecule has 84 valence electrons. The van der Waals surface area contributed by atoms with Crippen molar-refractivity contribution in [2.75, 3.05) is 0 Å². The molecule has 0 spiro atoms. The fraction of sp³-hybridized carbons (Fsp3) is 0.600. The van der Waals surface area contributed by atoms with Crippen LogP contribution in [0, 0.1) is 6.92 Å². The zero-order valence-corrected chi connectivity index (χ0v) is 9.44. The summed E-state index contributed by atoms with van der Waals surface area (Å²) in [4.78, 5) is 20.0. The molecule has 15 heavy (non-hydrogen) atoms. The second-order valence-corrected chi connectivity index (χ2v) is 4.42. The number of aryl methyl sites for hydroxylation is 1. The van der Waals surface area contributed by atoms with E-state index in [-0.39, 0.29) is 17.7 Å². The largest absolute Gasteiger partial charge is 0.291 e. The zero-order chi connectivity index (χ0) is 11.6. The van der Waals surface area contributed by atoms with Gasteiger partial charge in [0, 0.05) is 11.7 Å². The Morgan fingerprint density at radius 1 is 1.53 bits per heavy atom. The summed E-state index contributed by atoms with van der Waals surface area (Å²) in [6.45, 7) is 7.41. The molecule has 1 heterocycles. The molecule has 0 saturated heterocycles. The zero-order valence-electron chi connectivity index (χ0n) is 9.44. The summed E-state index contributed by atoms with van der Waals surface area (Å²) >= 11 is 0. The lowest BCUT2D eigenvalue weighted by Gasteiger charge is -2.24. The Balaban J connectivity index is 3.38. The van der Waals surface area contributed by atoms with Gasteiger partial charge in [-0.05, 0) is 27.7 Å². The van der Waals surface area contributed by atoms with Crippen LogP contribution in [0.2, 0.25) is 0 Å². The van der Waals surface area contributed by atoms with E-state index in [1.807, 2.05) is 20.8 Å². The fourth-order valence-electron chi connectivity index (χ4n) is 1.53. The average molecular weight is 212 g/mol. The van der Waals surface area contributed by atoms with E-state index < -0.39 is 0 Å². The van der Waals surface area contributed by atoms with Crippen molar-refractivity contribution < 1.29 is 10.1 Å². The highest BCUT2D eigenvalue weighted by Gasteiger charge is 2.19. The molecular weight excluding hydrogens is 196 g/mol. The fourth-order valence-corrected chi connectivity index (χ4v) is 1.53. The van der Waals surface area contributed by atoms with E-state index >= 15 is 0 Å². The van der Waals surface area contributed by atoms with E-state index in [0.717, 1.165) is 0 Å². The lowest BCUT2D eigenvalue weighted by Crippen LogP contribution is -2.37. The summed E-state index contributed by atoms with van der Waals surface area (Å²) in [7, 11) is 0. The van der Waals surface area contributed by atoms with Gasteiger partial charge in [0.15, 0.2) is 0 Å². The van der Waals surface area contributed by atoms with Crippen LogP contribution in [0.15, 0.2) is 11.0 Å². The quantitative estimate of drug-likeness (QED) is 0.592. The molecule has 0 amide bonds. The Bertz CT molecular complexity index is 404. The summed E-state index contributed by atoms with van der Waals surface area (Å²) in [5.41, 5.74) is -0.165. The van der Waals surface area contributed by atoms with Crippen LogP contribution in [0.3, 0.4) is 0 Å². The standard InChI is InChI=1S/C10H16N2O3/c1-7-11-5-8(6-15-14)9(13)12(7)10(2,3)4/h5,14H,6H2,1-4H3. The molecule has 0 aliphatic carbocycles. The molecule has 0 radical (unpaired) electrons. The van der Waals surface area contributed by atoms with Crippen molar-refractivity contribution in [1.29, 1.82) is 0 Å². The number of hydrogen-bond acceptors (Lipinski definition) is 4. The topological polar surface area (TPSA) is 64.3 Å². The van der Waals surface area contributed by atoms with Crippen LogP contribution < -0.4 is 5.56 Å². The van der Waals surface area contributed by atoms with Crippen LogP contribution in [0.4, 0.5) is 0 Å². The van der Waals surface area contributed by atoms with Crippen LogP contribution in [-0.2, 0) is 17.0 Å². The van der Waals surface area contributed by atoms with Crippen LogP contribution >= 0.6 is 0 Å². The molecular formula is C10H16N2O3. The number of rotatable bonds is 2. The Hall–Kier alpha value is -1.20. The van der Waals surface area contributed by atoms with Gasteiger partial charge in [0.1, 0.15) is 12.4 Å². The van der Waals surface area contributed by atoms with Gasteiger partial charge in [0.05, 0.1) is 5.56 Å². The Morgan fingerprint density at radius 3 is 2.60 bits per heavy atom. The molecule has 0 bridgehead atoms. The second kappa shape index (κ2) is 4.12. The third-order valence-corrected chi connectivity index (χ3v) is 2.10. The van der Waals surface area contributed by atoms with Crippen molar-refractivity contribution in [2.45, 2.75) is 39.8 Å². The van der Waals surface area contributed by atoms with Gasteiger partial charge >= 0.3 is 0 Å². The van der Waals surface area contributed by atoms with Crippen LogP contribution in [0.1, 0.15) is 32.2 Å². The van der Waals surface area contributed by atoms with Crippen molar-refractivity contribution in [3.63, 3.8) is 0 Å². The SMILES string of the molecule is Cc1ncc(COO)c(=O)n1C(C)(C)C. The van der Waals surface area contributed by atoms with Crippen molar-refractivity contribution in [2.24, 2.45) is 0 Å². The smallest absolute Gasteiger partial charge is 0.259 e. The van der Waals surface area contributed by atoms with Gasteiger partial charge in [-0.15, -0.1) is 0 Å². The highest BCUT2D eigenvalue weighted by molar-refractivity contribution is 5.08. The molecule has 0 saturated carbocycles. The normalized spacial score (nSPS) is 11.8. The highest BCUT2D eigenvalue weighted by Crippen LogP contribution is 2.12. The average Bonchev–Trinajstić information content (AvgIpc) is 2.08. The summed E-state index contributed by atoms with van der Waals surface area (Å²) in [6.07, 6.45) is 1.43. The first-order valence-electron chi connectivity index (χ1n) is 4.72. The molecule has 1 rings (SSSR count). The number of nitrogens with zero attached hydrogens (tertiary/aromatic N) is 2. The van der Waals surface area contributed by atoms with Crippen molar-refractivity contribution in [3.05, 3.63) is 27.9 Å². The predicted molar refractivity (Wildman–Crippen MR) is 55.6 cm³/mol. The maximum atomic E-state index is 12.0. The summed E-state index contributed by atoms with van der Waals surface area (Å²) in [5.74, 6) is 0.647. The molecule has 0 aliphatic heterocycles. The van der Waals surface area contributed by atoms with E-state index in [2.05, 4.69) is 9.87 Å². The Labute approximate surface area is 88.3 Å². The molecule has 0 aliphatic rings. The second-order valence-electron chi connectivity index (χ2n) is 4.42. The van der Waals surface area contributed by atoms with Crippen LogP contribution in [0.5, 0.6) is 0 Å². The third kappa shape index (κ3) is 2.43. The molecule has 0 unspecified atom stereocenters. The van der Waals surface area contributed by atoms with E-state index in [1.54, 1.807) is 11.5 Å². The molecule has 1 aromatic rings. The van der Waals surface area contributed by atoms with E-state index in [9.17, 15) is 4.79 Å². The van der Waals surface area contributed by atoms with Gasteiger partial charge in [0.2, 0.25) is 0 Å². The minimum Gasteiger partial charge on any atom is -0.291 e. The first kappa shape index (κ1) is 11.9. The van der Waals surface area contributed by atoms with Crippen molar-refractivity contribution >= 4 is 0 Å². The molecule has 5 nitrogen and oxygen atoms in total. The summed E-state index contributed by atoms with van der Waals surface area (Å²) in [5, 5.41) is 8.33. The Kier molecular flexibility index (Phi) is 3.26. The monoisotopic (exact) mass is 212 g/mol. The lowest BCUT2D eigenvalue weighted by atomic mass is 10.1. The molecule has 5 heteroatoms. The molecule has 1 aromatic heterocycles. The first-order valence-corrected chi connectivity index (χ1v) is 4.72. The maximum Gasteiger partial charge on any atom is 0.259 e. The first-order chi connectivity index (χ1) is 6.88. The van der Waals surface area contributed by atoms with E-state index in [0.29, 0.717) is 11.4 Å². The van der Waals surface area contributed by atoms with Crippen molar-refractivity contribution in [3.8, 4) is 0 Å². The van der Waals surface area contributed by atoms with Crippen LogP contribution in [0.25, 0.3) is 0 Å². The molecule has 0 fully saturated rings. The van der Waals surface area contributed by atoms with Crippen LogP contribution in [-0.4, -0.2) is 14.8 Å². The summed E-state index contributed by atoms with van der Waals surface area (Å²) < 4.78 is 1.58. The van der Waals surface area contributed by atoms with E-state index in [1.165, 1.54) is 6.20 Å². The van der Waals surface area contributed by atoms with Gasteiger partial charge in [-0.3, -0.25) is 14.6 Å².